The third-order valence-corrected chi connectivity index (χ3v) is 3.87. The topological polar surface area (TPSA) is 151 Å². The Morgan fingerprint density at radius 1 is 1.46 bits per heavy atom. The van der Waals surface area contributed by atoms with Gasteiger partial charge in [0.05, 0.1) is 19.8 Å². The quantitative estimate of drug-likeness (QED) is 0.480. The summed E-state index contributed by atoms with van der Waals surface area (Å²) >= 11 is 0. The van der Waals surface area contributed by atoms with Crippen LogP contribution in [-0.4, -0.2) is 77.6 Å². The molecule has 10 nitrogen and oxygen atoms in total. The number of carbonyl (C=O) groups is 1. The summed E-state index contributed by atoms with van der Waals surface area (Å²) in [5.41, 5.74) is 5.73. The zero-order valence-electron chi connectivity index (χ0n) is 14.1. The molecule has 1 saturated heterocycles. The Balaban J connectivity index is 0.00000139. The lowest BCUT2D eigenvalue weighted by Gasteiger charge is -2.28. The van der Waals surface area contributed by atoms with Crippen LogP contribution in [0.4, 0.5) is 11.6 Å². The minimum atomic E-state index is -0.858. The average molecular weight is 344 g/mol. The van der Waals surface area contributed by atoms with Gasteiger partial charge in [-0.3, -0.25) is 0 Å². The molecule has 1 unspecified atom stereocenters. The van der Waals surface area contributed by atoms with Crippen LogP contribution in [-0.2, 0) is 9.47 Å². The van der Waals surface area contributed by atoms with Gasteiger partial charge in [0.2, 0.25) is 0 Å². The SMILES string of the molecule is CO.COC(=O)c1c(N)ncnc1N(C)[C@H]1OC(CO)[C@@H](C)[C@H]1O. The van der Waals surface area contributed by atoms with Gasteiger partial charge >= 0.3 is 5.97 Å². The van der Waals surface area contributed by atoms with Crippen molar-refractivity contribution in [2.24, 2.45) is 5.92 Å². The molecule has 10 heteroatoms. The highest BCUT2D eigenvalue weighted by atomic mass is 16.5. The van der Waals surface area contributed by atoms with Crippen LogP contribution < -0.4 is 10.6 Å². The van der Waals surface area contributed by atoms with Crippen LogP contribution in [0.1, 0.15) is 17.3 Å². The van der Waals surface area contributed by atoms with Crippen molar-refractivity contribution in [3.05, 3.63) is 11.9 Å². The molecule has 5 N–H and O–H groups in total. The number of nitrogens with two attached hydrogens (primary N) is 1. The molecular formula is C14H24N4O6. The van der Waals surface area contributed by atoms with Crippen LogP contribution >= 0.6 is 0 Å². The number of aromatic nitrogens is 2. The third kappa shape index (κ3) is 3.73. The number of likely N-dealkylation sites (N-methyl/N-ethyl adjacent to an activating group) is 1. The number of ether oxygens (including phenoxy) is 2. The summed E-state index contributed by atoms with van der Waals surface area (Å²) in [5, 5.41) is 26.6. The van der Waals surface area contributed by atoms with E-state index < -0.39 is 24.4 Å². The summed E-state index contributed by atoms with van der Waals surface area (Å²) in [7, 11) is 3.83. The Labute approximate surface area is 139 Å². The van der Waals surface area contributed by atoms with Gasteiger partial charge in [0.1, 0.15) is 23.8 Å². The van der Waals surface area contributed by atoms with Gasteiger partial charge in [0.15, 0.2) is 12.0 Å². The van der Waals surface area contributed by atoms with E-state index in [2.05, 4.69) is 9.97 Å². The van der Waals surface area contributed by atoms with Crippen molar-refractivity contribution >= 4 is 17.6 Å². The van der Waals surface area contributed by atoms with Crippen molar-refractivity contribution in [3.63, 3.8) is 0 Å². The average Bonchev–Trinajstić information content (AvgIpc) is 2.90. The van der Waals surface area contributed by atoms with Crippen molar-refractivity contribution in [2.75, 3.05) is 38.5 Å². The first-order chi connectivity index (χ1) is 11.4. The fourth-order valence-corrected chi connectivity index (χ4v) is 2.47. The van der Waals surface area contributed by atoms with Crippen LogP contribution in [0.3, 0.4) is 0 Å². The van der Waals surface area contributed by atoms with E-state index in [-0.39, 0.29) is 29.7 Å². The Kier molecular flexibility index (Phi) is 7.29. The molecule has 2 heterocycles. The molecule has 4 atom stereocenters. The van der Waals surface area contributed by atoms with E-state index in [0.717, 1.165) is 7.11 Å². The lowest BCUT2D eigenvalue weighted by atomic mass is 10.0. The van der Waals surface area contributed by atoms with E-state index in [1.807, 2.05) is 0 Å². The second-order valence-corrected chi connectivity index (χ2v) is 5.16. The predicted molar refractivity (Wildman–Crippen MR) is 85.2 cm³/mol. The summed E-state index contributed by atoms with van der Waals surface area (Å²) in [4.78, 5) is 21.2. The zero-order valence-corrected chi connectivity index (χ0v) is 14.1. The molecule has 1 aliphatic rings. The highest BCUT2D eigenvalue weighted by Gasteiger charge is 2.43. The summed E-state index contributed by atoms with van der Waals surface area (Å²) in [6.07, 6.45) is -0.918. The molecule has 0 saturated carbocycles. The Morgan fingerprint density at radius 2 is 2.08 bits per heavy atom. The van der Waals surface area contributed by atoms with Crippen molar-refractivity contribution in [1.29, 1.82) is 0 Å². The molecule has 0 amide bonds. The number of aliphatic hydroxyl groups is 3. The molecule has 1 aromatic rings. The Morgan fingerprint density at radius 3 is 2.58 bits per heavy atom. The summed E-state index contributed by atoms with van der Waals surface area (Å²) in [6.45, 7) is 1.56. The summed E-state index contributed by atoms with van der Waals surface area (Å²) in [6, 6.07) is 0. The normalized spacial score (nSPS) is 25.6. The first kappa shape index (κ1) is 20.0. The standard InChI is InChI=1S/C13H20N4O5.CH4O/c1-6-7(4-18)22-12(9(6)19)17(2)11-8(13(20)21-3)10(14)15-5-16-11;1-2/h5-7,9,12,18-19H,4H2,1-3H3,(H2,14,15,16);2H,1H3/t6-,7?,9-,12+;/m1./s1. The molecule has 0 radical (unpaired) electrons. The van der Waals surface area contributed by atoms with E-state index in [0.29, 0.717) is 0 Å². The first-order valence-corrected chi connectivity index (χ1v) is 7.23. The minimum absolute atomic E-state index is 0.00315. The van der Waals surface area contributed by atoms with E-state index in [4.69, 9.17) is 20.3 Å². The van der Waals surface area contributed by atoms with E-state index in [1.54, 1.807) is 14.0 Å². The van der Waals surface area contributed by atoms with Gasteiger partial charge in [0.25, 0.3) is 0 Å². The third-order valence-electron chi connectivity index (χ3n) is 3.87. The summed E-state index contributed by atoms with van der Waals surface area (Å²) < 4.78 is 10.3. The molecule has 0 aliphatic carbocycles. The maximum absolute atomic E-state index is 11.9. The second-order valence-electron chi connectivity index (χ2n) is 5.16. The molecule has 136 valence electrons. The maximum Gasteiger partial charge on any atom is 0.345 e. The van der Waals surface area contributed by atoms with Crippen LogP contribution in [0, 0.1) is 5.92 Å². The molecule has 2 rings (SSSR count). The highest BCUT2D eigenvalue weighted by molar-refractivity contribution is 5.99. The number of nitrogen functional groups attached to an aromatic ring is 1. The van der Waals surface area contributed by atoms with Gasteiger partial charge in [-0.2, -0.15) is 0 Å². The van der Waals surface area contributed by atoms with Crippen LogP contribution in [0.2, 0.25) is 0 Å². The van der Waals surface area contributed by atoms with Crippen LogP contribution in [0.15, 0.2) is 6.33 Å². The highest BCUT2D eigenvalue weighted by Crippen LogP contribution is 2.32. The maximum atomic E-state index is 11.9. The second kappa shape index (κ2) is 8.73. The minimum Gasteiger partial charge on any atom is -0.465 e. The number of methoxy groups -OCH3 is 1. The van der Waals surface area contributed by atoms with E-state index in [9.17, 15) is 15.0 Å². The molecule has 1 aliphatic heterocycles. The number of carbonyl (C=O) groups excluding carboxylic acids is 1. The molecule has 0 bridgehead atoms. The lowest BCUT2D eigenvalue weighted by molar-refractivity contribution is -0.0103. The number of esters is 1. The number of aliphatic hydroxyl groups excluding tert-OH is 3. The van der Waals surface area contributed by atoms with Gasteiger partial charge in [-0.05, 0) is 0 Å². The van der Waals surface area contributed by atoms with Crippen molar-refractivity contribution < 1.29 is 29.6 Å². The Bertz CT molecular complexity index is 558. The fraction of sp³-hybridized carbons (Fsp3) is 0.643. The molecule has 1 fully saturated rings. The number of nitrogens with zero attached hydrogens (tertiary/aromatic N) is 3. The summed E-state index contributed by atoms with van der Waals surface area (Å²) in [5.74, 6) is -0.783. The van der Waals surface area contributed by atoms with Gasteiger partial charge < -0.3 is 35.4 Å². The molecule has 24 heavy (non-hydrogen) atoms. The smallest absolute Gasteiger partial charge is 0.345 e. The number of hydrogen-bond acceptors (Lipinski definition) is 10. The zero-order chi connectivity index (χ0) is 18.4. The van der Waals surface area contributed by atoms with Gasteiger partial charge in [-0.15, -0.1) is 0 Å². The van der Waals surface area contributed by atoms with Gasteiger partial charge in [-0.25, -0.2) is 14.8 Å². The molecule has 0 aromatic carbocycles. The van der Waals surface area contributed by atoms with Crippen molar-refractivity contribution in [2.45, 2.75) is 25.4 Å². The monoisotopic (exact) mass is 344 g/mol. The fourth-order valence-electron chi connectivity index (χ4n) is 2.47. The van der Waals surface area contributed by atoms with Crippen molar-refractivity contribution in [3.8, 4) is 0 Å². The van der Waals surface area contributed by atoms with E-state index >= 15 is 0 Å². The molecule has 0 spiro atoms. The first-order valence-electron chi connectivity index (χ1n) is 7.23. The predicted octanol–water partition coefficient (Wildman–Crippen LogP) is -1.40. The van der Waals surface area contributed by atoms with Crippen molar-refractivity contribution in [1.82, 2.24) is 9.97 Å². The largest absolute Gasteiger partial charge is 0.465 e. The number of anilines is 2. The number of rotatable bonds is 4. The van der Waals surface area contributed by atoms with Crippen LogP contribution in [0.5, 0.6) is 0 Å². The molecular weight excluding hydrogens is 320 g/mol. The van der Waals surface area contributed by atoms with Crippen LogP contribution in [0.25, 0.3) is 0 Å². The Hall–Kier alpha value is -2.01. The number of hydrogen-bond donors (Lipinski definition) is 4. The lowest BCUT2D eigenvalue weighted by Crippen LogP contribution is -2.41. The van der Waals surface area contributed by atoms with E-state index in [1.165, 1.54) is 18.3 Å². The molecule has 1 aromatic heterocycles. The van der Waals surface area contributed by atoms with Gasteiger partial charge in [-0.1, -0.05) is 6.92 Å². The van der Waals surface area contributed by atoms with Gasteiger partial charge in [0, 0.05) is 20.1 Å².